The SMILES string of the molecule is O=C1c2ccccc2CCC1CI. The number of ketones is 1. The smallest absolute Gasteiger partial charge is 0.166 e. The molecule has 1 nitrogen and oxygen atoms in total. The highest BCUT2D eigenvalue weighted by Gasteiger charge is 2.25. The molecule has 13 heavy (non-hydrogen) atoms. The molecule has 0 amide bonds. The molecule has 0 fully saturated rings. The van der Waals surface area contributed by atoms with Crippen LogP contribution in [0.15, 0.2) is 24.3 Å². The van der Waals surface area contributed by atoms with Crippen LogP contribution in [0.3, 0.4) is 0 Å². The maximum atomic E-state index is 11.8. The number of fused-ring (bicyclic) bond motifs is 1. The highest BCUT2D eigenvalue weighted by atomic mass is 127. The monoisotopic (exact) mass is 286 g/mol. The van der Waals surface area contributed by atoms with E-state index in [4.69, 9.17) is 0 Å². The molecule has 0 radical (unpaired) electrons. The number of carbonyl (C=O) groups excluding carboxylic acids is 1. The molecule has 0 spiro atoms. The second-order valence-electron chi connectivity index (χ2n) is 3.41. The van der Waals surface area contributed by atoms with Crippen molar-refractivity contribution in [2.24, 2.45) is 5.92 Å². The Bertz CT molecular complexity index is 333. The lowest BCUT2D eigenvalue weighted by atomic mass is 9.84. The molecular formula is C11H11IO. The minimum Gasteiger partial charge on any atom is -0.294 e. The van der Waals surface area contributed by atoms with Gasteiger partial charge in [0.1, 0.15) is 0 Å². The number of rotatable bonds is 1. The Hall–Kier alpha value is -0.380. The summed E-state index contributed by atoms with van der Waals surface area (Å²) in [5.74, 6) is 0.603. The maximum absolute atomic E-state index is 11.8. The third-order valence-electron chi connectivity index (χ3n) is 2.60. The second-order valence-corrected chi connectivity index (χ2v) is 4.29. The van der Waals surface area contributed by atoms with Crippen molar-refractivity contribution in [2.45, 2.75) is 12.8 Å². The van der Waals surface area contributed by atoms with Crippen molar-refractivity contribution < 1.29 is 4.79 Å². The topological polar surface area (TPSA) is 17.1 Å². The first-order chi connectivity index (χ1) is 6.33. The molecule has 68 valence electrons. The molecule has 1 aromatic carbocycles. The predicted molar refractivity (Wildman–Crippen MR) is 61.5 cm³/mol. The summed E-state index contributed by atoms with van der Waals surface area (Å²) in [7, 11) is 0. The second kappa shape index (κ2) is 3.78. The van der Waals surface area contributed by atoms with Crippen LogP contribution in [0.2, 0.25) is 0 Å². The van der Waals surface area contributed by atoms with Gasteiger partial charge in [-0.2, -0.15) is 0 Å². The van der Waals surface area contributed by atoms with Crippen molar-refractivity contribution in [3.63, 3.8) is 0 Å². The van der Waals surface area contributed by atoms with E-state index >= 15 is 0 Å². The fourth-order valence-corrected chi connectivity index (χ4v) is 2.65. The predicted octanol–water partition coefficient (Wildman–Crippen LogP) is 2.87. The highest BCUT2D eigenvalue weighted by Crippen LogP contribution is 2.26. The fraction of sp³-hybridized carbons (Fsp3) is 0.364. The van der Waals surface area contributed by atoms with Crippen LogP contribution in [0.4, 0.5) is 0 Å². The summed E-state index contributed by atoms with van der Waals surface area (Å²) in [6.45, 7) is 0. The molecule has 0 saturated heterocycles. The van der Waals surface area contributed by atoms with Gasteiger partial charge in [0, 0.05) is 15.9 Å². The van der Waals surface area contributed by atoms with E-state index < -0.39 is 0 Å². The third-order valence-corrected chi connectivity index (χ3v) is 3.67. The lowest BCUT2D eigenvalue weighted by Gasteiger charge is -2.21. The fourth-order valence-electron chi connectivity index (χ4n) is 1.81. The number of hydrogen-bond acceptors (Lipinski definition) is 1. The van der Waals surface area contributed by atoms with E-state index in [1.54, 1.807) is 0 Å². The number of benzene rings is 1. The molecule has 1 aromatic rings. The minimum absolute atomic E-state index is 0.260. The summed E-state index contributed by atoms with van der Waals surface area (Å²) in [6.07, 6.45) is 2.09. The molecule has 0 aromatic heterocycles. The zero-order valence-corrected chi connectivity index (χ0v) is 9.45. The van der Waals surface area contributed by atoms with Gasteiger partial charge in [-0.15, -0.1) is 0 Å². The number of Topliss-reactive ketones (excluding diaryl/α,β-unsaturated/α-hetero) is 1. The summed E-state index contributed by atoms with van der Waals surface area (Å²) >= 11 is 2.30. The molecule has 1 aliphatic rings. The van der Waals surface area contributed by atoms with Crippen LogP contribution in [0.5, 0.6) is 0 Å². The van der Waals surface area contributed by atoms with Gasteiger partial charge in [0.2, 0.25) is 0 Å². The van der Waals surface area contributed by atoms with Crippen LogP contribution in [0, 0.1) is 5.92 Å². The van der Waals surface area contributed by atoms with Crippen molar-refractivity contribution in [2.75, 3.05) is 4.43 Å². The van der Waals surface area contributed by atoms with Gasteiger partial charge < -0.3 is 0 Å². The number of alkyl halides is 1. The van der Waals surface area contributed by atoms with E-state index in [-0.39, 0.29) is 5.92 Å². The van der Waals surface area contributed by atoms with Crippen LogP contribution < -0.4 is 0 Å². The highest BCUT2D eigenvalue weighted by molar-refractivity contribution is 14.1. The Kier molecular flexibility index (Phi) is 2.67. The molecule has 2 heteroatoms. The molecule has 0 N–H and O–H groups in total. The minimum atomic E-state index is 0.260. The molecule has 0 saturated carbocycles. The van der Waals surface area contributed by atoms with E-state index in [9.17, 15) is 4.79 Å². The molecule has 1 aliphatic carbocycles. The largest absolute Gasteiger partial charge is 0.294 e. The third kappa shape index (κ3) is 1.64. The number of carbonyl (C=O) groups is 1. The summed E-state index contributed by atoms with van der Waals surface area (Å²) in [6, 6.07) is 7.98. The Morgan fingerprint density at radius 3 is 2.92 bits per heavy atom. The van der Waals surface area contributed by atoms with Gasteiger partial charge in [0.25, 0.3) is 0 Å². The molecule has 0 bridgehead atoms. The molecule has 1 atom stereocenters. The summed E-state index contributed by atoms with van der Waals surface area (Å²) in [5, 5.41) is 0. The van der Waals surface area contributed by atoms with Crippen molar-refractivity contribution in [3.05, 3.63) is 35.4 Å². The number of hydrogen-bond donors (Lipinski definition) is 0. The van der Waals surface area contributed by atoms with Crippen LogP contribution >= 0.6 is 22.6 Å². The molecule has 0 aliphatic heterocycles. The van der Waals surface area contributed by atoms with Crippen LogP contribution in [-0.2, 0) is 6.42 Å². The van der Waals surface area contributed by atoms with Crippen LogP contribution in [0.1, 0.15) is 22.3 Å². The van der Waals surface area contributed by atoms with Crippen LogP contribution in [0.25, 0.3) is 0 Å². The normalized spacial score (nSPS) is 21.3. The first kappa shape index (κ1) is 9.19. The summed E-state index contributed by atoms with van der Waals surface area (Å²) in [4.78, 5) is 11.8. The van der Waals surface area contributed by atoms with E-state index in [0.29, 0.717) is 5.78 Å². The molecule has 1 unspecified atom stereocenters. The summed E-state index contributed by atoms with van der Waals surface area (Å²) < 4.78 is 0.949. The average molecular weight is 286 g/mol. The van der Waals surface area contributed by atoms with E-state index in [0.717, 1.165) is 22.8 Å². The lowest BCUT2D eigenvalue weighted by molar-refractivity contribution is 0.0918. The zero-order valence-electron chi connectivity index (χ0n) is 7.29. The Labute approximate surface area is 91.7 Å². The average Bonchev–Trinajstić information content (AvgIpc) is 2.19. The van der Waals surface area contributed by atoms with Gasteiger partial charge in [-0.3, -0.25) is 4.79 Å². The summed E-state index contributed by atoms with van der Waals surface area (Å²) in [5.41, 5.74) is 2.18. The van der Waals surface area contributed by atoms with E-state index in [1.165, 1.54) is 5.56 Å². The Balaban J connectivity index is 2.39. The van der Waals surface area contributed by atoms with E-state index in [1.807, 2.05) is 18.2 Å². The zero-order chi connectivity index (χ0) is 9.26. The van der Waals surface area contributed by atoms with Gasteiger partial charge in [-0.25, -0.2) is 0 Å². The first-order valence-corrected chi connectivity index (χ1v) is 6.03. The standard InChI is InChI=1S/C11H11IO/c12-7-9-6-5-8-3-1-2-4-10(8)11(9)13/h1-4,9H,5-7H2. The van der Waals surface area contributed by atoms with Crippen molar-refractivity contribution >= 4 is 28.4 Å². The van der Waals surface area contributed by atoms with Crippen molar-refractivity contribution in [1.29, 1.82) is 0 Å². The quantitative estimate of drug-likeness (QED) is 0.573. The molecule has 2 rings (SSSR count). The lowest BCUT2D eigenvalue weighted by Crippen LogP contribution is -2.23. The van der Waals surface area contributed by atoms with E-state index in [2.05, 4.69) is 28.7 Å². The van der Waals surface area contributed by atoms with Gasteiger partial charge >= 0.3 is 0 Å². The van der Waals surface area contributed by atoms with Gasteiger partial charge in [0.15, 0.2) is 5.78 Å². The van der Waals surface area contributed by atoms with Gasteiger partial charge in [-0.1, -0.05) is 46.9 Å². The van der Waals surface area contributed by atoms with Crippen LogP contribution in [-0.4, -0.2) is 10.2 Å². The van der Waals surface area contributed by atoms with Gasteiger partial charge in [0.05, 0.1) is 0 Å². The maximum Gasteiger partial charge on any atom is 0.166 e. The van der Waals surface area contributed by atoms with Crippen molar-refractivity contribution in [3.8, 4) is 0 Å². The van der Waals surface area contributed by atoms with Gasteiger partial charge in [-0.05, 0) is 18.4 Å². The first-order valence-electron chi connectivity index (χ1n) is 4.51. The molecular weight excluding hydrogens is 275 g/mol. The number of aryl methyl sites for hydroxylation is 1. The number of halogens is 1. The van der Waals surface area contributed by atoms with Crippen molar-refractivity contribution in [1.82, 2.24) is 0 Å². The molecule has 0 heterocycles. The Morgan fingerprint density at radius 1 is 1.38 bits per heavy atom. The Morgan fingerprint density at radius 2 is 2.15 bits per heavy atom.